The lowest BCUT2D eigenvalue weighted by molar-refractivity contribution is 0.302. The van der Waals surface area contributed by atoms with E-state index in [0.717, 1.165) is 36.6 Å². The van der Waals surface area contributed by atoms with Crippen molar-refractivity contribution in [1.82, 2.24) is 34.0 Å². The molecule has 236 valence electrons. The second kappa shape index (κ2) is 12.7. The summed E-state index contributed by atoms with van der Waals surface area (Å²) >= 11 is 0. The summed E-state index contributed by atoms with van der Waals surface area (Å²) in [5.41, 5.74) is 3.45. The van der Waals surface area contributed by atoms with Crippen molar-refractivity contribution in [2.24, 2.45) is 0 Å². The van der Waals surface area contributed by atoms with Crippen LogP contribution in [-0.2, 0) is 10.0 Å². The van der Waals surface area contributed by atoms with Crippen LogP contribution in [0, 0.1) is 6.92 Å². The summed E-state index contributed by atoms with van der Waals surface area (Å²) < 4.78 is 29.2. The fourth-order valence-corrected chi connectivity index (χ4v) is 6.56. The van der Waals surface area contributed by atoms with Crippen molar-refractivity contribution in [3.8, 4) is 5.88 Å². The number of anilines is 2. The lowest BCUT2D eigenvalue weighted by atomic mass is 9.91. The van der Waals surface area contributed by atoms with E-state index in [4.69, 9.17) is 15.0 Å². The Bertz CT molecular complexity index is 1900. The van der Waals surface area contributed by atoms with E-state index in [-0.39, 0.29) is 48.1 Å². The maximum Gasteiger partial charge on any atom is 0.270 e. The van der Waals surface area contributed by atoms with Gasteiger partial charge in [-0.1, -0.05) is 60.7 Å². The van der Waals surface area contributed by atoms with Crippen molar-refractivity contribution in [2.45, 2.75) is 44.2 Å². The summed E-state index contributed by atoms with van der Waals surface area (Å²) in [6.07, 6.45) is 5.30. The van der Waals surface area contributed by atoms with Gasteiger partial charge in [0.15, 0.2) is 17.0 Å². The van der Waals surface area contributed by atoms with Crippen LogP contribution in [0.1, 0.15) is 54.0 Å². The topological polar surface area (TPSA) is 172 Å². The second-order valence-electron chi connectivity index (χ2n) is 11.4. The van der Waals surface area contributed by atoms with Gasteiger partial charge in [-0.15, -0.1) is 0 Å². The highest BCUT2D eigenvalue weighted by molar-refractivity contribution is 7.88. The molecule has 0 amide bonds. The zero-order valence-electron chi connectivity index (χ0n) is 25.1. The van der Waals surface area contributed by atoms with Gasteiger partial charge in [-0.25, -0.2) is 22.8 Å². The minimum absolute atomic E-state index is 0.0332. The molecule has 14 heteroatoms. The molecule has 2 unspecified atom stereocenters. The molecule has 5 aromatic rings. The van der Waals surface area contributed by atoms with Gasteiger partial charge in [-0.2, -0.15) is 9.97 Å². The van der Waals surface area contributed by atoms with Crippen LogP contribution in [0.2, 0.25) is 0 Å². The highest BCUT2D eigenvalue weighted by atomic mass is 32.2. The fraction of sp³-hybridized carbons (Fsp3) is 0.355. The van der Waals surface area contributed by atoms with Gasteiger partial charge in [-0.05, 0) is 37.3 Å². The zero-order valence-corrected chi connectivity index (χ0v) is 26.0. The van der Waals surface area contributed by atoms with Gasteiger partial charge in [0.2, 0.25) is 21.9 Å². The van der Waals surface area contributed by atoms with E-state index < -0.39 is 10.0 Å². The van der Waals surface area contributed by atoms with Crippen molar-refractivity contribution in [3.63, 3.8) is 0 Å². The summed E-state index contributed by atoms with van der Waals surface area (Å²) in [6.45, 7) is 2.57. The summed E-state index contributed by atoms with van der Waals surface area (Å²) in [5.74, 6) is 0.829. The molecular weight excluding hydrogens is 594 g/mol. The molecule has 2 atom stereocenters. The third kappa shape index (κ3) is 6.56. The highest BCUT2D eigenvalue weighted by Gasteiger charge is 2.34. The highest BCUT2D eigenvalue weighted by Crippen LogP contribution is 2.42. The van der Waals surface area contributed by atoms with Crippen LogP contribution >= 0.6 is 0 Å². The third-order valence-electron chi connectivity index (χ3n) is 8.33. The van der Waals surface area contributed by atoms with Crippen LogP contribution in [0.5, 0.6) is 5.88 Å². The van der Waals surface area contributed by atoms with Gasteiger partial charge in [0.05, 0.1) is 30.2 Å². The van der Waals surface area contributed by atoms with Crippen LogP contribution in [0.4, 0.5) is 11.8 Å². The quantitative estimate of drug-likeness (QED) is 0.129. The number of imidazole rings is 1. The first-order valence-electron chi connectivity index (χ1n) is 15.0. The number of sulfonamides is 1. The summed E-state index contributed by atoms with van der Waals surface area (Å²) in [4.78, 5) is 26.6. The summed E-state index contributed by atoms with van der Waals surface area (Å²) in [5, 5.41) is 20.2. The molecule has 1 fully saturated rings. The van der Waals surface area contributed by atoms with Crippen LogP contribution < -0.4 is 20.9 Å². The molecule has 0 saturated heterocycles. The van der Waals surface area contributed by atoms with E-state index in [0.29, 0.717) is 29.5 Å². The predicted molar refractivity (Wildman–Crippen MR) is 173 cm³/mol. The molecule has 0 aliphatic heterocycles. The third-order valence-corrected chi connectivity index (χ3v) is 9.06. The number of hydrogen-bond donors (Lipinski definition) is 5. The number of nitrogens with zero attached hydrogens (tertiary/aromatic N) is 5. The first-order valence-corrected chi connectivity index (χ1v) is 16.9. The van der Waals surface area contributed by atoms with E-state index in [2.05, 4.69) is 44.7 Å². The molecule has 1 aliphatic carbocycles. The Labute approximate surface area is 260 Å². The normalized spacial score (nSPS) is 16.9. The molecule has 1 saturated carbocycles. The van der Waals surface area contributed by atoms with Crippen LogP contribution in [0.3, 0.4) is 0 Å². The Balaban J connectivity index is 1.36. The standard InChI is InChI=1S/C31H37N9O4S/c1-20-29(41)38-40(30(20)42)25-15-9-14-24(25)39-19-34-26-27(36-31(37-28(26)39)32-16-17-35-45(2,43)44)33-18-23(21-10-5-3-6-11-21)22-12-7-4-8-13-22/h3-8,10-13,19,23-25,35,42H,9,14-18H2,1-2H3,(H,38,41)(H2,32,33,36,37). The van der Waals surface area contributed by atoms with E-state index in [1.54, 1.807) is 17.9 Å². The molecule has 2 aromatic carbocycles. The van der Waals surface area contributed by atoms with Crippen molar-refractivity contribution < 1.29 is 13.5 Å². The van der Waals surface area contributed by atoms with Gasteiger partial charge >= 0.3 is 0 Å². The second-order valence-corrected chi connectivity index (χ2v) is 13.2. The maximum absolute atomic E-state index is 12.3. The van der Waals surface area contributed by atoms with Crippen LogP contribution in [0.15, 0.2) is 71.8 Å². The molecule has 6 rings (SSSR count). The lowest BCUT2D eigenvalue weighted by Gasteiger charge is -2.23. The fourth-order valence-electron chi connectivity index (χ4n) is 6.08. The zero-order chi connectivity index (χ0) is 31.6. The monoisotopic (exact) mass is 631 g/mol. The molecule has 3 heterocycles. The largest absolute Gasteiger partial charge is 0.493 e. The number of nitrogens with one attached hydrogen (secondary N) is 4. The number of rotatable bonds is 12. The lowest BCUT2D eigenvalue weighted by Crippen LogP contribution is -2.28. The molecule has 0 spiro atoms. The predicted octanol–water partition coefficient (Wildman–Crippen LogP) is 3.50. The summed E-state index contributed by atoms with van der Waals surface area (Å²) in [6, 6.07) is 20.2. The van der Waals surface area contributed by atoms with Gasteiger partial charge < -0.3 is 20.3 Å². The summed E-state index contributed by atoms with van der Waals surface area (Å²) in [7, 11) is -3.34. The number of aromatic hydroxyl groups is 1. The maximum atomic E-state index is 12.3. The van der Waals surface area contributed by atoms with E-state index in [9.17, 15) is 18.3 Å². The van der Waals surface area contributed by atoms with Crippen LogP contribution in [0.25, 0.3) is 11.2 Å². The minimum Gasteiger partial charge on any atom is -0.493 e. The molecule has 3 aromatic heterocycles. The smallest absolute Gasteiger partial charge is 0.270 e. The number of benzene rings is 2. The average Bonchev–Trinajstić information content (AvgIpc) is 3.74. The first-order chi connectivity index (χ1) is 21.7. The van der Waals surface area contributed by atoms with E-state index in [1.807, 2.05) is 41.0 Å². The number of fused-ring (bicyclic) bond motifs is 1. The number of H-pyrrole nitrogens is 1. The number of aromatic nitrogens is 6. The Hall–Kier alpha value is -4.69. The van der Waals surface area contributed by atoms with Gasteiger partial charge in [0, 0.05) is 25.6 Å². The molecule has 5 N–H and O–H groups in total. The molecule has 0 bridgehead atoms. The molecule has 0 radical (unpaired) electrons. The SMILES string of the molecule is Cc1c(O)n(C2CCCC2n2cnc3c(NCC(c4ccccc4)c4ccccc4)nc(NCCNS(C)(=O)=O)nc32)[nH]c1=O. The number of aromatic amines is 1. The Morgan fingerprint density at radius 3 is 2.27 bits per heavy atom. The van der Waals surface area contributed by atoms with Crippen LogP contribution in [-0.4, -0.2) is 68.7 Å². The molecule has 1 aliphatic rings. The molecule has 45 heavy (non-hydrogen) atoms. The van der Waals surface area contributed by atoms with E-state index >= 15 is 0 Å². The van der Waals surface area contributed by atoms with Gasteiger partial charge in [-0.3, -0.25) is 9.89 Å². The van der Waals surface area contributed by atoms with Gasteiger partial charge in [0.1, 0.15) is 0 Å². The van der Waals surface area contributed by atoms with Crippen molar-refractivity contribution in [1.29, 1.82) is 0 Å². The van der Waals surface area contributed by atoms with E-state index in [1.165, 1.54) is 0 Å². The van der Waals surface area contributed by atoms with Crippen molar-refractivity contribution in [2.75, 3.05) is 36.5 Å². The minimum atomic E-state index is -3.34. The average molecular weight is 632 g/mol. The Morgan fingerprint density at radius 1 is 0.978 bits per heavy atom. The van der Waals surface area contributed by atoms with Gasteiger partial charge in [0.25, 0.3) is 5.56 Å². The van der Waals surface area contributed by atoms with Crippen molar-refractivity contribution >= 4 is 33.0 Å². The molecule has 13 nitrogen and oxygen atoms in total. The van der Waals surface area contributed by atoms with Crippen molar-refractivity contribution in [3.05, 3.63) is 94.0 Å². The number of hydrogen-bond acceptors (Lipinski definition) is 9. The molecular formula is C31H37N9O4S. The Morgan fingerprint density at radius 2 is 1.64 bits per heavy atom. The first kappa shape index (κ1) is 30.3. The Kier molecular flexibility index (Phi) is 8.59.